The van der Waals surface area contributed by atoms with Gasteiger partial charge >= 0.3 is 0 Å². The minimum Gasteiger partial charge on any atom is -0.314 e. The van der Waals surface area contributed by atoms with Gasteiger partial charge in [0.2, 0.25) is 0 Å². The molecule has 3 nitrogen and oxygen atoms in total. The molecule has 1 atom stereocenters. The summed E-state index contributed by atoms with van der Waals surface area (Å²) in [6, 6.07) is 5.86. The second kappa shape index (κ2) is 5.66. The first-order chi connectivity index (χ1) is 7.86. The van der Waals surface area contributed by atoms with E-state index in [2.05, 4.69) is 17.5 Å². The summed E-state index contributed by atoms with van der Waals surface area (Å²) in [5.74, 6) is 0. The van der Waals surface area contributed by atoms with Crippen molar-refractivity contribution in [3.8, 4) is 0 Å². The van der Waals surface area contributed by atoms with Gasteiger partial charge in [0.1, 0.15) is 0 Å². The fourth-order valence-electron chi connectivity index (χ4n) is 2.01. The van der Waals surface area contributed by atoms with E-state index in [-0.39, 0.29) is 5.56 Å². The molecule has 0 bridgehead atoms. The highest BCUT2D eigenvalue weighted by molar-refractivity contribution is 4.94. The smallest absolute Gasteiger partial charge is 0.250 e. The Balaban J connectivity index is 1.78. The van der Waals surface area contributed by atoms with Crippen molar-refractivity contribution in [1.82, 2.24) is 9.88 Å². The third-order valence-electron chi connectivity index (χ3n) is 2.95. The van der Waals surface area contributed by atoms with Crippen molar-refractivity contribution in [1.29, 1.82) is 0 Å². The summed E-state index contributed by atoms with van der Waals surface area (Å²) in [5.41, 5.74) is 0.0767. The lowest BCUT2D eigenvalue weighted by molar-refractivity contribution is 0.455. The first kappa shape index (κ1) is 11.1. The molecule has 1 N–H and O–H groups in total. The second-order valence-electron chi connectivity index (χ2n) is 4.17. The Morgan fingerprint density at radius 2 is 2.31 bits per heavy atom. The molecule has 1 aromatic rings. The Hall–Kier alpha value is -1.35. The molecule has 0 aliphatic heterocycles. The zero-order chi connectivity index (χ0) is 11.2. The van der Waals surface area contributed by atoms with Crippen LogP contribution in [0.3, 0.4) is 0 Å². The van der Waals surface area contributed by atoms with Crippen LogP contribution in [-0.4, -0.2) is 17.2 Å². The zero-order valence-corrected chi connectivity index (χ0v) is 9.43. The van der Waals surface area contributed by atoms with Crippen molar-refractivity contribution in [3.63, 3.8) is 0 Å². The van der Waals surface area contributed by atoms with Crippen LogP contribution in [0.1, 0.15) is 19.3 Å². The van der Waals surface area contributed by atoms with Gasteiger partial charge in [-0.15, -0.1) is 0 Å². The molecular formula is C13H18N2O. The van der Waals surface area contributed by atoms with E-state index in [4.69, 9.17) is 0 Å². The molecular weight excluding hydrogens is 200 g/mol. The standard InChI is InChI=1S/C13H18N2O/c16-13-8-4-5-10-15(13)11-9-14-12-6-2-1-3-7-12/h1-2,4-5,8,10,12,14H,3,6-7,9,11H2. The van der Waals surface area contributed by atoms with E-state index < -0.39 is 0 Å². The predicted octanol–water partition coefficient (Wildman–Crippen LogP) is 1.55. The maximum atomic E-state index is 11.4. The molecule has 1 aliphatic carbocycles. The molecule has 16 heavy (non-hydrogen) atoms. The molecule has 0 saturated heterocycles. The summed E-state index contributed by atoms with van der Waals surface area (Å²) in [6.45, 7) is 1.61. The lowest BCUT2D eigenvalue weighted by Crippen LogP contribution is -2.34. The highest BCUT2D eigenvalue weighted by Gasteiger charge is 2.07. The number of allylic oxidation sites excluding steroid dienone is 1. The third-order valence-corrected chi connectivity index (χ3v) is 2.95. The molecule has 86 valence electrons. The maximum absolute atomic E-state index is 11.4. The van der Waals surface area contributed by atoms with Crippen LogP contribution in [0.15, 0.2) is 41.3 Å². The minimum atomic E-state index is 0.0767. The lowest BCUT2D eigenvalue weighted by atomic mass is 10.0. The van der Waals surface area contributed by atoms with E-state index in [0.717, 1.165) is 19.5 Å². The van der Waals surface area contributed by atoms with Crippen molar-refractivity contribution in [3.05, 3.63) is 46.9 Å². The molecule has 3 heteroatoms. The number of nitrogens with one attached hydrogen (secondary N) is 1. The van der Waals surface area contributed by atoms with Crippen molar-refractivity contribution in [2.75, 3.05) is 6.54 Å². The van der Waals surface area contributed by atoms with Gasteiger partial charge in [0.15, 0.2) is 0 Å². The summed E-state index contributed by atoms with van der Waals surface area (Å²) in [5, 5.41) is 3.49. The van der Waals surface area contributed by atoms with E-state index in [9.17, 15) is 4.79 Å². The van der Waals surface area contributed by atoms with Crippen LogP contribution in [0.4, 0.5) is 0 Å². The van der Waals surface area contributed by atoms with Crippen molar-refractivity contribution in [2.45, 2.75) is 31.8 Å². The largest absolute Gasteiger partial charge is 0.314 e. The van der Waals surface area contributed by atoms with Crippen LogP contribution in [0, 0.1) is 0 Å². The van der Waals surface area contributed by atoms with Crippen molar-refractivity contribution in [2.24, 2.45) is 0 Å². The van der Waals surface area contributed by atoms with E-state index in [1.807, 2.05) is 12.3 Å². The topological polar surface area (TPSA) is 34.0 Å². The molecule has 0 spiro atoms. The number of rotatable bonds is 4. The molecule has 0 saturated carbocycles. The van der Waals surface area contributed by atoms with Gasteiger partial charge in [-0.25, -0.2) is 0 Å². The van der Waals surface area contributed by atoms with Crippen LogP contribution in [0.5, 0.6) is 0 Å². The van der Waals surface area contributed by atoms with Crippen LogP contribution in [0.25, 0.3) is 0 Å². The van der Waals surface area contributed by atoms with Crippen LogP contribution in [0.2, 0.25) is 0 Å². The molecule has 1 heterocycles. The van der Waals surface area contributed by atoms with Crippen LogP contribution in [-0.2, 0) is 6.54 Å². The van der Waals surface area contributed by atoms with Crippen LogP contribution < -0.4 is 10.9 Å². The Kier molecular flexibility index (Phi) is 3.94. The number of nitrogens with zero attached hydrogens (tertiary/aromatic N) is 1. The van der Waals surface area contributed by atoms with Gasteiger partial charge in [-0.2, -0.15) is 0 Å². The number of pyridine rings is 1. The summed E-state index contributed by atoms with van der Waals surface area (Å²) in [4.78, 5) is 11.4. The Morgan fingerprint density at radius 1 is 1.38 bits per heavy atom. The van der Waals surface area contributed by atoms with Gasteiger partial charge in [0.05, 0.1) is 0 Å². The van der Waals surface area contributed by atoms with Gasteiger partial charge in [0.25, 0.3) is 5.56 Å². The van der Waals surface area contributed by atoms with Crippen molar-refractivity contribution >= 4 is 0 Å². The van der Waals surface area contributed by atoms with Gasteiger partial charge in [0, 0.05) is 31.4 Å². The third kappa shape index (κ3) is 3.07. The molecule has 0 fully saturated rings. The molecule has 1 unspecified atom stereocenters. The van der Waals surface area contributed by atoms with E-state index in [1.165, 1.54) is 12.8 Å². The summed E-state index contributed by atoms with van der Waals surface area (Å²) in [7, 11) is 0. The molecule has 0 radical (unpaired) electrons. The predicted molar refractivity (Wildman–Crippen MR) is 65.5 cm³/mol. The molecule has 2 rings (SSSR count). The molecule has 1 aromatic heterocycles. The quantitative estimate of drug-likeness (QED) is 0.778. The Morgan fingerprint density at radius 3 is 3.06 bits per heavy atom. The average Bonchev–Trinajstić information content (AvgIpc) is 2.33. The maximum Gasteiger partial charge on any atom is 0.250 e. The number of hydrogen-bond acceptors (Lipinski definition) is 2. The first-order valence-electron chi connectivity index (χ1n) is 5.90. The van der Waals surface area contributed by atoms with Crippen LogP contribution >= 0.6 is 0 Å². The van der Waals surface area contributed by atoms with E-state index in [1.54, 1.807) is 16.7 Å². The molecule has 1 aliphatic rings. The SMILES string of the molecule is O=c1ccccn1CCNC1CC=CCC1. The number of hydrogen-bond donors (Lipinski definition) is 1. The van der Waals surface area contributed by atoms with Gasteiger partial charge in [-0.3, -0.25) is 4.79 Å². The van der Waals surface area contributed by atoms with E-state index in [0.29, 0.717) is 6.04 Å². The van der Waals surface area contributed by atoms with Crippen molar-refractivity contribution < 1.29 is 0 Å². The van der Waals surface area contributed by atoms with E-state index >= 15 is 0 Å². The first-order valence-corrected chi connectivity index (χ1v) is 5.90. The lowest BCUT2D eigenvalue weighted by Gasteiger charge is -2.19. The fraction of sp³-hybridized carbons (Fsp3) is 0.462. The summed E-state index contributed by atoms with van der Waals surface area (Å²) < 4.78 is 1.74. The fourth-order valence-corrected chi connectivity index (χ4v) is 2.01. The summed E-state index contributed by atoms with van der Waals surface area (Å²) >= 11 is 0. The number of aromatic nitrogens is 1. The molecule has 0 amide bonds. The molecule has 0 aromatic carbocycles. The summed E-state index contributed by atoms with van der Waals surface area (Å²) in [6.07, 6.45) is 9.80. The highest BCUT2D eigenvalue weighted by atomic mass is 16.1. The second-order valence-corrected chi connectivity index (χ2v) is 4.17. The van der Waals surface area contributed by atoms with Gasteiger partial charge in [-0.05, 0) is 25.3 Å². The Bertz CT molecular complexity index is 408. The monoisotopic (exact) mass is 218 g/mol. The normalized spacial score (nSPS) is 19.9. The average molecular weight is 218 g/mol. The Labute approximate surface area is 95.8 Å². The van der Waals surface area contributed by atoms with Gasteiger partial charge in [-0.1, -0.05) is 18.2 Å². The van der Waals surface area contributed by atoms with Gasteiger partial charge < -0.3 is 9.88 Å². The highest BCUT2D eigenvalue weighted by Crippen LogP contribution is 2.09. The zero-order valence-electron chi connectivity index (χ0n) is 9.43. The minimum absolute atomic E-state index is 0.0767.